The fraction of sp³-hybridized carbons (Fsp3) is 0.917. The van der Waals surface area contributed by atoms with Gasteiger partial charge in [-0.25, -0.2) is 0 Å². The number of carbonyl (C=O) groups is 1. The molecule has 2 N–H and O–H groups in total. The first kappa shape index (κ1) is 14.7. The van der Waals surface area contributed by atoms with Gasteiger partial charge < -0.3 is 15.4 Å². The molecule has 100 valence electrons. The molecule has 0 spiro atoms. The van der Waals surface area contributed by atoms with Gasteiger partial charge >= 0.3 is 0 Å². The van der Waals surface area contributed by atoms with Crippen molar-refractivity contribution in [3.8, 4) is 0 Å². The molecule has 2 aliphatic rings. The van der Waals surface area contributed by atoms with Crippen LogP contribution in [0.5, 0.6) is 0 Å². The molecule has 0 saturated carbocycles. The van der Waals surface area contributed by atoms with Crippen LogP contribution in [0, 0.1) is 5.92 Å². The molecule has 0 aromatic heterocycles. The molecule has 2 heterocycles. The molecular weight excluding hydrogens is 240 g/mol. The lowest BCUT2D eigenvalue weighted by Crippen LogP contribution is -2.37. The maximum atomic E-state index is 11.6. The Morgan fingerprint density at radius 3 is 2.94 bits per heavy atom. The maximum absolute atomic E-state index is 11.6. The van der Waals surface area contributed by atoms with E-state index in [2.05, 4.69) is 10.6 Å². The molecule has 5 heteroatoms. The van der Waals surface area contributed by atoms with Crippen LogP contribution in [0.4, 0.5) is 0 Å². The lowest BCUT2D eigenvalue weighted by molar-refractivity contribution is -0.121. The summed E-state index contributed by atoms with van der Waals surface area (Å²) >= 11 is 0. The van der Waals surface area contributed by atoms with Gasteiger partial charge in [-0.15, -0.1) is 12.4 Å². The molecule has 1 amide bonds. The molecule has 2 atom stereocenters. The van der Waals surface area contributed by atoms with E-state index in [0.717, 1.165) is 39.1 Å². The van der Waals surface area contributed by atoms with Crippen molar-refractivity contribution in [3.63, 3.8) is 0 Å². The Bertz CT molecular complexity index is 205. The first-order chi connectivity index (χ1) is 7.84. The number of hydrogen-bond donors (Lipinski definition) is 2. The van der Waals surface area contributed by atoms with Gasteiger partial charge in [0.1, 0.15) is 0 Å². The first-order valence-electron chi connectivity index (χ1n) is 6.42. The SMILES string of the molecule is Cl.O=C(CCC1CCOC1)NCC1CCCN1. The third kappa shape index (κ3) is 5.23. The van der Waals surface area contributed by atoms with Crippen molar-refractivity contribution < 1.29 is 9.53 Å². The van der Waals surface area contributed by atoms with Gasteiger partial charge in [0, 0.05) is 32.2 Å². The van der Waals surface area contributed by atoms with Gasteiger partial charge in [0.25, 0.3) is 0 Å². The van der Waals surface area contributed by atoms with Crippen molar-refractivity contribution in [2.75, 3.05) is 26.3 Å². The predicted octanol–water partition coefficient (Wildman–Crippen LogP) is 1.09. The van der Waals surface area contributed by atoms with Gasteiger partial charge in [-0.3, -0.25) is 4.79 Å². The lowest BCUT2D eigenvalue weighted by Gasteiger charge is -2.12. The summed E-state index contributed by atoms with van der Waals surface area (Å²) in [6, 6.07) is 0.499. The number of carbonyl (C=O) groups excluding carboxylic acids is 1. The average Bonchev–Trinajstić information content (AvgIpc) is 2.96. The summed E-state index contributed by atoms with van der Waals surface area (Å²) in [6.07, 6.45) is 5.18. The highest BCUT2D eigenvalue weighted by atomic mass is 35.5. The Balaban J connectivity index is 0.00000144. The number of halogens is 1. The minimum atomic E-state index is 0. The Morgan fingerprint density at radius 1 is 1.41 bits per heavy atom. The minimum absolute atomic E-state index is 0. The van der Waals surface area contributed by atoms with Crippen molar-refractivity contribution in [1.29, 1.82) is 0 Å². The van der Waals surface area contributed by atoms with Crippen LogP contribution in [0.15, 0.2) is 0 Å². The van der Waals surface area contributed by atoms with Crippen LogP contribution in [-0.4, -0.2) is 38.3 Å². The zero-order valence-corrected chi connectivity index (χ0v) is 11.1. The van der Waals surface area contributed by atoms with E-state index >= 15 is 0 Å². The van der Waals surface area contributed by atoms with Crippen molar-refractivity contribution in [1.82, 2.24) is 10.6 Å². The second-order valence-electron chi connectivity index (χ2n) is 4.87. The van der Waals surface area contributed by atoms with Gasteiger partial charge in [0.2, 0.25) is 5.91 Å². The normalized spacial score (nSPS) is 27.8. The topological polar surface area (TPSA) is 50.4 Å². The number of nitrogens with one attached hydrogen (secondary N) is 2. The molecule has 2 saturated heterocycles. The summed E-state index contributed by atoms with van der Waals surface area (Å²) in [4.78, 5) is 11.6. The smallest absolute Gasteiger partial charge is 0.220 e. The number of ether oxygens (including phenoxy) is 1. The van der Waals surface area contributed by atoms with Crippen LogP contribution in [0.2, 0.25) is 0 Å². The summed E-state index contributed by atoms with van der Waals surface area (Å²) in [5.41, 5.74) is 0. The number of amides is 1. The van der Waals surface area contributed by atoms with Crippen molar-refractivity contribution >= 4 is 18.3 Å². The van der Waals surface area contributed by atoms with E-state index in [-0.39, 0.29) is 18.3 Å². The number of rotatable bonds is 5. The number of hydrogen-bond acceptors (Lipinski definition) is 3. The molecule has 0 bridgehead atoms. The van der Waals surface area contributed by atoms with Gasteiger partial charge in [0.05, 0.1) is 0 Å². The van der Waals surface area contributed by atoms with E-state index in [1.54, 1.807) is 0 Å². The summed E-state index contributed by atoms with van der Waals surface area (Å²) in [5, 5.41) is 6.38. The molecule has 0 aromatic rings. The van der Waals surface area contributed by atoms with Crippen LogP contribution < -0.4 is 10.6 Å². The maximum Gasteiger partial charge on any atom is 0.220 e. The highest BCUT2D eigenvalue weighted by Gasteiger charge is 2.18. The molecule has 4 nitrogen and oxygen atoms in total. The second-order valence-corrected chi connectivity index (χ2v) is 4.87. The van der Waals surface area contributed by atoms with Gasteiger partial charge in [-0.05, 0) is 38.1 Å². The standard InChI is InChI=1S/C12H22N2O2.ClH/c15-12(4-3-10-5-7-16-9-10)14-8-11-2-1-6-13-11;/h10-11,13H,1-9H2,(H,14,15);1H. The van der Waals surface area contributed by atoms with Crippen LogP contribution in [0.25, 0.3) is 0 Å². The third-order valence-corrected chi connectivity index (χ3v) is 3.51. The largest absolute Gasteiger partial charge is 0.381 e. The van der Waals surface area contributed by atoms with Crippen molar-refractivity contribution in [2.45, 2.75) is 38.1 Å². The Morgan fingerprint density at radius 2 is 2.29 bits per heavy atom. The summed E-state index contributed by atoms with van der Waals surface area (Å²) in [6.45, 7) is 3.61. The molecule has 2 aliphatic heterocycles. The van der Waals surface area contributed by atoms with Crippen LogP contribution >= 0.6 is 12.4 Å². The van der Waals surface area contributed by atoms with Crippen molar-refractivity contribution in [2.24, 2.45) is 5.92 Å². The molecule has 17 heavy (non-hydrogen) atoms. The monoisotopic (exact) mass is 262 g/mol. The minimum Gasteiger partial charge on any atom is -0.381 e. The molecule has 2 unspecified atom stereocenters. The Hall–Kier alpha value is -0.320. The quantitative estimate of drug-likeness (QED) is 0.780. The van der Waals surface area contributed by atoms with Gasteiger partial charge in [-0.1, -0.05) is 0 Å². The van der Waals surface area contributed by atoms with Crippen LogP contribution in [-0.2, 0) is 9.53 Å². The van der Waals surface area contributed by atoms with Gasteiger partial charge in [-0.2, -0.15) is 0 Å². The summed E-state index contributed by atoms with van der Waals surface area (Å²) in [7, 11) is 0. The van der Waals surface area contributed by atoms with Crippen molar-refractivity contribution in [3.05, 3.63) is 0 Å². The fourth-order valence-electron chi connectivity index (χ4n) is 2.40. The Kier molecular flexibility index (Phi) is 6.85. The highest BCUT2D eigenvalue weighted by molar-refractivity contribution is 5.85. The van der Waals surface area contributed by atoms with E-state index < -0.39 is 0 Å². The highest BCUT2D eigenvalue weighted by Crippen LogP contribution is 2.17. The lowest BCUT2D eigenvalue weighted by atomic mass is 10.0. The third-order valence-electron chi connectivity index (χ3n) is 3.51. The van der Waals surface area contributed by atoms with E-state index in [1.165, 1.54) is 12.8 Å². The van der Waals surface area contributed by atoms with Crippen LogP contribution in [0.1, 0.15) is 32.1 Å². The zero-order chi connectivity index (χ0) is 11.2. The van der Waals surface area contributed by atoms with E-state index in [1.807, 2.05) is 0 Å². The molecular formula is C12H23ClN2O2. The van der Waals surface area contributed by atoms with Gasteiger partial charge in [0.15, 0.2) is 0 Å². The molecule has 0 aromatic carbocycles. The second kappa shape index (κ2) is 7.90. The molecule has 2 rings (SSSR count). The van der Waals surface area contributed by atoms with Crippen LogP contribution in [0.3, 0.4) is 0 Å². The van der Waals surface area contributed by atoms with E-state index in [4.69, 9.17) is 4.74 Å². The average molecular weight is 263 g/mol. The van der Waals surface area contributed by atoms with E-state index in [0.29, 0.717) is 18.4 Å². The Labute approximate surface area is 109 Å². The zero-order valence-electron chi connectivity index (χ0n) is 10.2. The predicted molar refractivity (Wildman–Crippen MR) is 69.4 cm³/mol. The summed E-state index contributed by atoms with van der Waals surface area (Å²) < 4.78 is 5.29. The van der Waals surface area contributed by atoms with E-state index in [9.17, 15) is 4.79 Å². The molecule has 0 aliphatic carbocycles. The summed E-state index contributed by atoms with van der Waals surface area (Å²) in [5.74, 6) is 0.802. The molecule has 0 radical (unpaired) electrons. The fourth-order valence-corrected chi connectivity index (χ4v) is 2.40. The molecule has 2 fully saturated rings. The first-order valence-corrected chi connectivity index (χ1v) is 6.42.